The molecule has 1 N–H and O–H groups in total. The summed E-state index contributed by atoms with van der Waals surface area (Å²) in [5.41, 5.74) is 0. The fourth-order valence-corrected chi connectivity index (χ4v) is 1.94. The second-order valence-corrected chi connectivity index (χ2v) is 8.57. The Bertz CT molecular complexity index is 80.2. The maximum absolute atomic E-state index is 3.48. The minimum absolute atomic E-state index is 0. The van der Waals surface area contributed by atoms with Crippen LogP contribution >= 0.6 is 15.8 Å². The van der Waals surface area contributed by atoms with Crippen molar-refractivity contribution >= 4 is 15.8 Å². The Balaban J connectivity index is -0.000000167. The normalized spacial score (nSPS) is 9.00. The zero-order valence-corrected chi connectivity index (χ0v) is 13.4. The Morgan fingerprint density at radius 1 is 0.786 bits per heavy atom. The molecule has 14 heavy (non-hydrogen) atoms. The fourth-order valence-electron chi connectivity index (χ4n) is 0.730. The molecule has 0 aromatic carbocycles. The van der Waals surface area contributed by atoms with Crippen LogP contribution in [0, 0.1) is 14.9 Å². The van der Waals surface area contributed by atoms with E-state index in [-0.39, 0.29) is 31.6 Å². The maximum atomic E-state index is 3.48. The predicted molar refractivity (Wildman–Crippen MR) is 73.0 cm³/mol. The molecule has 1 nitrogen and oxygen atoms in total. The molecule has 0 rings (SSSR count). The third-order valence-corrected chi connectivity index (χ3v) is 3.71. The van der Waals surface area contributed by atoms with Crippen molar-refractivity contribution in [2.75, 3.05) is 52.1 Å². The zero-order chi connectivity index (χ0) is 8.69. The summed E-state index contributed by atoms with van der Waals surface area (Å²) >= 11 is 0. The van der Waals surface area contributed by atoms with E-state index in [1.807, 2.05) is 0 Å². The van der Waals surface area contributed by atoms with E-state index in [0.29, 0.717) is 15.8 Å². The van der Waals surface area contributed by atoms with Gasteiger partial charge in [-0.1, -0.05) is 0 Å². The minimum atomic E-state index is 0. The van der Waals surface area contributed by atoms with Crippen LogP contribution in [-0.4, -0.2) is 52.1 Å². The van der Waals surface area contributed by atoms with Crippen molar-refractivity contribution in [3.05, 3.63) is 14.9 Å². The van der Waals surface area contributed by atoms with Crippen molar-refractivity contribution in [1.82, 2.24) is 5.32 Å². The minimum Gasteiger partial charge on any atom is -0.358 e. The number of hydrogen-bond donors (Lipinski definition) is 1. The Labute approximate surface area is 105 Å². The molecule has 0 heterocycles. The third-order valence-electron chi connectivity index (χ3n) is 1.47. The van der Waals surface area contributed by atoms with Gasteiger partial charge in [-0.3, -0.25) is 0 Å². The van der Waals surface area contributed by atoms with Gasteiger partial charge < -0.3 is 20.2 Å². The molecular weight excluding hydrogens is 255 g/mol. The van der Waals surface area contributed by atoms with E-state index >= 15 is 0 Å². The van der Waals surface area contributed by atoms with E-state index in [1.165, 1.54) is 25.4 Å². The molecule has 0 amide bonds. The van der Waals surface area contributed by atoms with E-state index in [9.17, 15) is 0 Å². The van der Waals surface area contributed by atoms with Crippen LogP contribution in [0.1, 0.15) is 0 Å². The van der Waals surface area contributed by atoms with Crippen LogP contribution in [0.3, 0.4) is 0 Å². The third kappa shape index (κ3) is 23.3. The second-order valence-electron chi connectivity index (χ2n) is 3.36. The van der Waals surface area contributed by atoms with Crippen molar-refractivity contribution in [2.45, 2.75) is 0 Å². The molecular formula is C10H27CoNP2. The first-order chi connectivity index (χ1) is 5.13. The van der Waals surface area contributed by atoms with Gasteiger partial charge in [0.15, 0.2) is 0 Å². The van der Waals surface area contributed by atoms with Crippen LogP contribution in [0.4, 0.5) is 0 Å². The van der Waals surface area contributed by atoms with Crippen LogP contribution in [0.25, 0.3) is 0 Å². The monoisotopic (exact) mass is 282 g/mol. The standard InChI is InChI=1S/C8H21NP2.2CH3.Co/c1-10(2)7-5-9-6-8-11(3)4;;;/h9H,5-8H2,1-4H3;2*1H3;/q;2*-1;+2. The van der Waals surface area contributed by atoms with Crippen molar-refractivity contribution < 1.29 is 16.8 Å². The summed E-state index contributed by atoms with van der Waals surface area (Å²) in [6.07, 6.45) is 2.75. The molecule has 0 atom stereocenters. The molecule has 0 bridgehead atoms. The fraction of sp³-hybridized carbons (Fsp3) is 0.800. The molecule has 0 fully saturated rings. The number of hydrogen-bond acceptors (Lipinski definition) is 1. The van der Waals surface area contributed by atoms with E-state index in [4.69, 9.17) is 0 Å². The largest absolute Gasteiger partial charge is 2.00 e. The zero-order valence-electron chi connectivity index (χ0n) is 10.6. The molecule has 0 aliphatic rings. The van der Waals surface area contributed by atoms with Crippen LogP contribution in [0.2, 0.25) is 0 Å². The van der Waals surface area contributed by atoms with E-state index in [0.717, 1.165) is 0 Å². The summed E-state index contributed by atoms with van der Waals surface area (Å²) < 4.78 is 0. The van der Waals surface area contributed by atoms with E-state index in [2.05, 4.69) is 32.0 Å². The topological polar surface area (TPSA) is 12.0 Å². The molecule has 0 aliphatic heterocycles. The maximum Gasteiger partial charge on any atom is 2.00 e. The van der Waals surface area contributed by atoms with Gasteiger partial charge in [-0.15, -0.1) is 15.8 Å². The van der Waals surface area contributed by atoms with Crippen molar-refractivity contribution in [1.29, 1.82) is 0 Å². The average molecular weight is 282 g/mol. The SMILES string of the molecule is CP(C)CCNCCP(C)C.[CH3-].[CH3-].[Co+2]. The smallest absolute Gasteiger partial charge is 0.358 e. The van der Waals surface area contributed by atoms with Crippen molar-refractivity contribution in [2.24, 2.45) is 0 Å². The molecule has 4 heteroatoms. The summed E-state index contributed by atoms with van der Waals surface area (Å²) in [5.74, 6) is 0. The van der Waals surface area contributed by atoms with Crippen LogP contribution in [0.15, 0.2) is 0 Å². The van der Waals surface area contributed by atoms with Gasteiger partial charge in [-0.2, -0.15) is 0 Å². The van der Waals surface area contributed by atoms with Gasteiger partial charge in [0, 0.05) is 0 Å². The van der Waals surface area contributed by atoms with Crippen LogP contribution < -0.4 is 5.32 Å². The van der Waals surface area contributed by atoms with Gasteiger partial charge in [-0.05, 0) is 52.1 Å². The van der Waals surface area contributed by atoms with Gasteiger partial charge in [0.2, 0.25) is 0 Å². The number of rotatable bonds is 6. The van der Waals surface area contributed by atoms with Gasteiger partial charge >= 0.3 is 16.8 Å². The molecule has 91 valence electrons. The Morgan fingerprint density at radius 2 is 1.07 bits per heavy atom. The van der Waals surface area contributed by atoms with E-state index in [1.54, 1.807) is 0 Å². The molecule has 0 spiro atoms. The Kier molecular flexibility index (Phi) is 29.3. The second kappa shape index (κ2) is 16.7. The summed E-state index contributed by atoms with van der Waals surface area (Å²) in [4.78, 5) is 0. The van der Waals surface area contributed by atoms with Gasteiger partial charge in [0.1, 0.15) is 0 Å². The van der Waals surface area contributed by atoms with Gasteiger partial charge in [0.25, 0.3) is 0 Å². The summed E-state index contributed by atoms with van der Waals surface area (Å²) in [6, 6.07) is 0. The first-order valence-electron chi connectivity index (χ1n) is 4.13. The molecule has 0 unspecified atom stereocenters. The average Bonchev–Trinajstić information content (AvgIpc) is 1.85. The molecule has 0 saturated heterocycles. The van der Waals surface area contributed by atoms with Crippen molar-refractivity contribution in [3.8, 4) is 0 Å². The van der Waals surface area contributed by atoms with E-state index < -0.39 is 0 Å². The van der Waals surface area contributed by atoms with Crippen molar-refractivity contribution in [3.63, 3.8) is 0 Å². The summed E-state index contributed by atoms with van der Waals surface area (Å²) in [5, 5.41) is 3.48. The first-order valence-corrected chi connectivity index (χ1v) is 8.97. The quantitative estimate of drug-likeness (QED) is 0.449. The molecule has 0 aromatic rings. The van der Waals surface area contributed by atoms with Gasteiger partial charge in [-0.25, -0.2) is 0 Å². The first kappa shape index (κ1) is 24.5. The molecule has 1 radical (unpaired) electrons. The van der Waals surface area contributed by atoms with Crippen LogP contribution in [-0.2, 0) is 16.8 Å². The summed E-state index contributed by atoms with van der Waals surface area (Å²) in [7, 11) is 0.621. The van der Waals surface area contributed by atoms with Crippen LogP contribution in [0.5, 0.6) is 0 Å². The Hall–Kier alpha value is 1.33. The molecule has 0 saturated carbocycles. The molecule has 0 aliphatic carbocycles. The summed E-state index contributed by atoms with van der Waals surface area (Å²) in [6.45, 7) is 11.8. The molecule has 0 aromatic heterocycles. The Morgan fingerprint density at radius 3 is 1.29 bits per heavy atom. The predicted octanol–water partition coefficient (Wildman–Crippen LogP) is 2.96. The van der Waals surface area contributed by atoms with Gasteiger partial charge in [0.05, 0.1) is 0 Å². The number of nitrogens with one attached hydrogen (secondary N) is 1.